The van der Waals surface area contributed by atoms with E-state index in [4.69, 9.17) is 4.74 Å². The summed E-state index contributed by atoms with van der Waals surface area (Å²) >= 11 is 3.36. The molecular weight excluding hydrogens is 312 g/mol. The van der Waals surface area contributed by atoms with Gasteiger partial charge in [0.1, 0.15) is 5.75 Å². The fourth-order valence-electron chi connectivity index (χ4n) is 1.54. The van der Waals surface area contributed by atoms with E-state index in [1.165, 1.54) is 0 Å². The van der Waals surface area contributed by atoms with Gasteiger partial charge in [-0.2, -0.15) is 0 Å². The molecule has 0 aliphatic carbocycles. The van der Waals surface area contributed by atoms with E-state index < -0.39 is 10.8 Å². The van der Waals surface area contributed by atoms with Gasteiger partial charge in [0.2, 0.25) is 0 Å². The van der Waals surface area contributed by atoms with Crippen molar-refractivity contribution in [1.82, 2.24) is 0 Å². The number of hydrogen-bond donors (Lipinski definition) is 0. The fourth-order valence-corrected chi connectivity index (χ4v) is 2.91. The minimum Gasteiger partial charge on any atom is -0.497 e. The second-order valence-corrected chi connectivity index (χ2v) is 6.16. The van der Waals surface area contributed by atoms with E-state index >= 15 is 0 Å². The van der Waals surface area contributed by atoms with Crippen molar-refractivity contribution in [2.75, 3.05) is 7.11 Å². The maximum atomic E-state index is 12.1. The molecule has 1 atom stereocenters. The molecule has 0 saturated carbocycles. The minimum atomic E-state index is -1.01. The van der Waals surface area contributed by atoms with Gasteiger partial charge in [-0.1, -0.05) is 28.1 Å². The maximum absolute atomic E-state index is 12.1. The van der Waals surface area contributed by atoms with Crippen LogP contribution in [0.4, 0.5) is 0 Å². The Morgan fingerprint density at radius 1 is 1.06 bits per heavy atom. The molecule has 2 rings (SSSR count). The number of methoxy groups -OCH3 is 1. The summed E-state index contributed by atoms with van der Waals surface area (Å²) < 4.78 is 18.2. The number of benzene rings is 2. The Hall–Kier alpha value is -1.13. The predicted octanol–water partition coefficient (Wildman–Crippen LogP) is 3.77. The lowest BCUT2D eigenvalue weighted by Crippen LogP contribution is -1.96. The van der Waals surface area contributed by atoms with E-state index in [-0.39, 0.29) is 0 Å². The van der Waals surface area contributed by atoms with Crippen LogP contribution in [0, 0.1) is 0 Å². The Morgan fingerprint density at radius 3 is 2.22 bits per heavy atom. The summed E-state index contributed by atoms with van der Waals surface area (Å²) in [4.78, 5) is 0.842. The average Bonchev–Trinajstić information content (AvgIpc) is 2.40. The Bertz CT molecular complexity index is 535. The van der Waals surface area contributed by atoms with Gasteiger partial charge in [-0.05, 0) is 42.0 Å². The summed E-state index contributed by atoms with van der Waals surface area (Å²) in [5.74, 6) is 1.33. The third-order valence-corrected chi connectivity index (χ3v) is 4.46. The highest BCUT2D eigenvalue weighted by Gasteiger charge is 2.05. The number of ether oxygens (including phenoxy) is 1. The van der Waals surface area contributed by atoms with E-state index in [1.54, 1.807) is 7.11 Å². The average molecular weight is 325 g/mol. The van der Waals surface area contributed by atoms with Gasteiger partial charge in [-0.3, -0.25) is 4.21 Å². The molecule has 0 radical (unpaired) electrons. The summed E-state index contributed by atoms with van der Waals surface area (Å²) in [7, 11) is 0.621. The van der Waals surface area contributed by atoms with Crippen LogP contribution in [0.15, 0.2) is 57.9 Å². The Labute approximate surface area is 118 Å². The van der Waals surface area contributed by atoms with E-state index in [9.17, 15) is 4.21 Å². The molecular formula is C14H13BrO2S. The van der Waals surface area contributed by atoms with Crippen LogP contribution in [-0.2, 0) is 16.6 Å². The van der Waals surface area contributed by atoms with Gasteiger partial charge in [-0.15, -0.1) is 0 Å². The molecule has 0 heterocycles. The molecule has 0 fully saturated rings. The predicted molar refractivity (Wildman–Crippen MR) is 77.2 cm³/mol. The Balaban J connectivity index is 2.08. The van der Waals surface area contributed by atoms with Crippen molar-refractivity contribution < 1.29 is 8.95 Å². The van der Waals surface area contributed by atoms with Crippen molar-refractivity contribution in [3.8, 4) is 5.75 Å². The van der Waals surface area contributed by atoms with Gasteiger partial charge in [0.15, 0.2) is 0 Å². The topological polar surface area (TPSA) is 26.3 Å². The van der Waals surface area contributed by atoms with Crippen molar-refractivity contribution in [2.45, 2.75) is 10.6 Å². The highest BCUT2D eigenvalue weighted by molar-refractivity contribution is 9.10. The van der Waals surface area contributed by atoms with Crippen LogP contribution in [0.5, 0.6) is 5.75 Å². The number of rotatable bonds is 4. The van der Waals surface area contributed by atoms with Crippen LogP contribution in [-0.4, -0.2) is 11.3 Å². The fraction of sp³-hybridized carbons (Fsp3) is 0.143. The standard InChI is InChI=1S/C14H13BrO2S/c1-17-13-6-2-11(3-7-13)10-18(16)14-8-4-12(15)5-9-14/h2-9H,10H2,1H3. The first-order chi connectivity index (χ1) is 8.69. The third kappa shape index (κ3) is 3.43. The summed E-state index contributed by atoms with van der Waals surface area (Å²) in [6, 6.07) is 15.2. The van der Waals surface area contributed by atoms with Crippen LogP contribution < -0.4 is 4.74 Å². The SMILES string of the molecule is COc1ccc(CS(=O)c2ccc(Br)cc2)cc1. The van der Waals surface area contributed by atoms with Crippen LogP contribution in [0.25, 0.3) is 0 Å². The molecule has 2 aromatic carbocycles. The molecule has 0 aromatic heterocycles. The summed E-state index contributed by atoms with van der Waals surface area (Å²) in [5, 5.41) is 0. The third-order valence-electron chi connectivity index (χ3n) is 2.53. The van der Waals surface area contributed by atoms with E-state index in [2.05, 4.69) is 15.9 Å². The number of halogens is 1. The van der Waals surface area contributed by atoms with E-state index in [1.807, 2.05) is 48.5 Å². The van der Waals surface area contributed by atoms with Crippen LogP contribution >= 0.6 is 15.9 Å². The van der Waals surface area contributed by atoms with Crippen molar-refractivity contribution in [3.05, 3.63) is 58.6 Å². The number of hydrogen-bond acceptors (Lipinski definition) is 2. The molecule has 0 spiro atoms. The van der Waals surface area contributed by atoms with Crippen molar-refractivity contribution in [1.29, 1.82) is 0 Å². The lowest BCUT2D eigenvalue weighted by molar-refractivity contribution is 0.414. The maximum Gasteiger partial charge on any atom is 0.118 e. The molecule has 94 valence electrons. The lowest BCUT2D eigenvalue weighted by atomic mass is 10.2. The molecule has 0 aliphatic rings. The minimum absolute atomic E-state index is 0.519. The summed E-state index contributed by atoms with van der Waals surface area (Å²) in [6.07, 6.45) is 0. The molecule has 2 nitrogen and oxygen atoms in total. The molecule has 1 unspecified atom stereocenters. The lowest BCUT2D eigenvalue weighted by Gasteiger charge is -2.04. The van der Waals surface area contributed by atoms with Gasteiger partial charge >= 0.3 is 0 Å². The smallest absolute Gasteiger partial charge is 0.118 e. The van der Waals surface area contributed by atoms with Gasteiger partial charge in [0, 0.05) is 9.37 Å². The molecule has 18 heavy (non-hydrogen) atoms. The quantitative estimate of drug-likeness (QED) is 0.855. The van der Waals surface area contributed by atoms with Crippen LogP contribution in [0.3, 0.4) is 0 Å². The van der Waals surface area contributed by atoms with Gasteiger partial charge < -0.3 is 4.74 Å². The molecule has 0 bridgehead atoms. The molecule has 0 aliphatic heterocycles. The first-order valence-corrected chi connectivity index (χ1v) is 7.57. The summed E-state index contributed by atoms with van der Waals surface area (Å²) in [5.41, 5.74) is 1.04. The van der Waals surface area contributed by atoms with Crippen molar-refractivity contribution in [2.24, 2.45) is 0 Å². The van der Waals surface area contributed by atoms with Gasteiger partial charge in [0.25, 0.3) is 0 Å². The summed E-state index contributed by atoms with van der Waals surface area (Å²) in [6.45, 7) is 0. The first-order valence-electron chi connectivity index (χ1n) is 5.46. The van der Waals surface area contributed by atoms with Crippen LogP contribution in [0.2, 0.25) is 0 Å². The first kappa shape index (κ1) is 13.3. The second-order valence-electron chi connectivity index (χ2n) is 3.79. The largest absolute Gasteiger partial charge is 0.497 e. The second kappa shape index (κ2) is 6.16. The van der Waals surface area contributed by atoms with Crippen molar-refractivity contribution >= 4 is 26.7 Å². The molecule has 4 heteroatoms. The van der Waals surface area contributed by atoms with E-state index in [0.717, 1.165) is 20.7 Å². The Morgan fingerprint density at radius 2 is 1.67 bits per heavy atom. The normalized spacial score (nSPS) is 12.1. The van der Waals surface area contributed by atoms with Crippen molar-refractivity contribution in [3.63, 3.8) is 0 Å². The zero-order valence-electron chi connectivity index (χ0n) is 9.93. The molecule has 0 amide bonds. The van der Waals surface area contributed by atoms with Gasteiger partial charge in [-0.25, -0.2) is 0 Å². The van der Waals surface area contributed by atoms with E-state index in [0.29, 0.717) is 5.75 Å². The van der Waals surface area contributed by atoms with Gasteiger partial charge in [0.05, 0.1) is 23.7 Å². The zero-order chi connectivity index (χ0) is 13.0. The highest BCUT2D eigenvalue weighted by atomic mass is 79.9. The zero-order valence-corrected chi connectivity index (χ0v) is 12.3. The molecule has 0 N–H and O–H groups in total. The molecule has 2 aromatic rings. The monoisotopic (exact) mass is 324 g/mol. The van der Waals surface area contributed by atoms with Crippen LogP contribution in [0.1, 0.15) is 5.56 Å². The highest BCUT2D eigenvalue weighted by Crippen LogP contribution is 2.18. The Kier molecular flexibility index (Phi) is 4.55. The molecule has 0 saturated heterocycles.